The highest BCUT2D eigenvalue weighted by atomic mass is 19.4. The molecule has 0 bridgehead atoms. The highest BCUT2D eigenvalue weighted by Gasteiger charge is 2.38. The first-order chi connectivity index (χ1) is 8.12. The number of alkyl halides is 3. The van der Waals surface area contributed by atoms with Crippen LogP contribution >= 0.6 is 0 Å². The summed E-state index contributed by atoms with van der Waals surface area (Å²) in [6.07, 6.45) is -5.60. The van der Waals surface area contributed by atoms with E-state index < -0.39 is 30.5 Å². The van der Waals surface area contributed by atoms with Crippen LogP contribution in [0.2, 0.25) is 0 Å². The summed E-state index contributed by atoms with van der Waals surface area (Å²) >= 11 is 0. The molecule has 2 N–H and O–H groups in total. The molecule has 1 unspecified atom stereocenters. The van der Waals surface area contributed by atoms with Gasteiger partial charge in [0.15, 0.2) is 5.69 Å². The van der Waals surface area contributed by atoms with Crippen LogP contribution < -0.4 is 0 Å². The maximum Gasteiger partial charge on any atom is 0.435 e. The lowest BCUT2D eigenvalue weighted by Gasteiger charge is -2.08. The number of carboxylic acid groups (broad SMARTS) is 1. The molecule has 1 atom stereocenters. The van der Waals surface area contributed by atoms with Gasteiger partial charge in [-0.2, -0.15) is 18.3 Å². The summed E-state index contributed by atoms with van der Waals surface area (Å²) in [5, 5.41) is 21.1. The third kappa shape index (κ3) is 3.22. The number of carboxylic acids is 1. The second-order valence-electron chi connectivity index (χ2n) is 4.02. The third-order valence-electron chi connectivity index (χ3n) is 2.36. The molecule has 0 fully saturated rings. The number of nitrogens with zero attached hydrogens (tertiary/aromatic N) is 2. The van der Waals surface area contributed by atoms with Crippen LogP contribution in [-0.2, 0) is 23.9 Å². The summed E-state index contributed by atoms with van der Waals surface area (Å²) in [7, 11) is 0. The Balaban J connectivity index is 3.26. The first-order valence-electron chi connectivity index (χ1n) is 5.16. The Morgan fingerprint density at radius 3 is 2.44 bits per heavy atom. The lowest BCUT2D eigenvalue weighted by molar-refractivity contribution is -0.143. The molecule has 0 amide bonds. The van der Waals surface area contributed by atoms with Crippen molar-refractivity contribution in [1.29, 1.82) is 0 Å². The number of carbonyl (C=O) groups is 1. The first kappa shape index (κ1) is 14.5. The van der Waals surface area contributed by atoms with E-state index in [-0.39, 0.29) is 17.7 Å². The van der Waals surface area contributed by atoms with E-state index in [4.69, 9.17) is 5.11 Å². The standard InChI is InChI=1S/C10H13F3N2O3/c1-5(16)3-7-6(2)9(10(11,12)13)14-15(7)4-8(17)18/h5,16H,3-4H2,1-2H3,(H,17,18). The van der Waals surface area contributed by atoms with Gasteiger partial charge in [-0.1, -0.05) is 0 Å². The smallest absolute Gasteiger partial charge is 0.435 e. The summed E-state index contributed by atoms with van der Waals surface area (Å²) in [6.45, 7) is 1.95. The van der Waals surface area contributed by atoms with Crippen LogP contribution in [0, 0.1) is 6.92 Å². The molecule has 1 aromatic heterocycles. The fourth-order valence-electron chi connectivity index (χ4n) is 1.65. The van der Waals surface area contributed by atoms with Gasteiger partial charge in [0.05, 0.1) is 6.10 Å². The van der Waals surface area contributed by atoms with E-state index in [1.807, 2.05) is 0 Å². The van der Waals surface area contributed by atoms with E-state index in [1.54, 1.807) is 0 Å². The summed E-state index contributed by atoms with van der Waals surface area (Å²) in [4.78, 5) is 10.6. The molecule has 102 valence electrons. The number of aliphatic hydroxyl groups is 1. The fraction of sp³-hybridized carbons (Fsp3) is 0.600. The topological polar surface area (TPSA) is 75.4 Å². The summed E-state index contributed by atoms with van der Waals surface area (Å²) in [5.74, 6) is -1.29. The lowest BCUT2D eigenvalue weighted by atomic mass is 10.1. The van der Waals surface area contributed by atoms with Crippen molar-refractivity contribution in [1.82, 2.24) is 9.78 Å². The SMILES string of the molecule is Cc1c(C(F)(F)F)nn(CC(=O)O)c1CC(C)O. The van der Waals surface area contributed by atoms with Crippen molar-refractivity contribution in [3.8, 4) is 0 Å². The Morgan fingerprint density at radius 1 is 1.50 bits per heavy atom. The zero-order valence-corrected chi connectivity index (χ0v) is 9.82. The minimum absolute atomic E-state index is 0.0812. The minimum Gasteiger partial charge on any atom is -0.480 e. The van der Waals surface area contributed by atoms with E-state index in [0.717, 1.165) is 4.68 Å². The number of aliphatic carboxylic acids is 1. The molecule has 18 heavy (non-hydrogen) atoms. The van der Waals surface area contributed by atoms with E-state index in [0.29, 0.717) is 0 Å². The van der Waals surface area contributed by atoms with Crippen LogP contribution in [0.1, 0.15) is 23.9 Å². The van der Waals surface area contributed by atoms with Crippen LogP contribution in [0.4, 0.5) is 13.2 Å². The van der Waals surface area contributed by atoms with Gasteiger partial charge in [0, 0.05) is 17.7 Å². The van der Waals surface area contributed by atoms with Crippen LogP contribution in [-0.4, -0.2) is 32.1 Å². The molecule has 0 aliphatic rings. The van der Waals surface area contributed by atoms with Crippen LogP contribution in [0.5, 0.6) is 0 Å². The van der Waals surface area contributed by atoms with Crippen molar-refractivity contribution in [3.63, 3.8) is 0 Å². The normalized spacial score (nSPS) is 13.7. The number of halogens is 3. The Morgan fingerprint density at radius 2 is 2.06 bits per heavy atom. The van der Waals surface area contributed by atoms with Gasteiger partial charge < -0.3 is 10.2 Å². The Hall–Kier alpha value is -1.57. The summed E-state index contributed by atoms with van der Waals surface area (Å²) in [6, 6.07) is 0. The van der Waals surface area contributed by atoms with Gasteiger partial charge in [-0.15, -0.1) is 0 Å². The summed E-state index contributed by atoms with van der Waals surface area (Å²) in [5.41, 5.74) is -1.18. The van der Waals surface area contributed by atoms with Crippen molar-refractivity contribution in [2.24, 2.45) is 0 Å². The molecule has 5 nitrogen and oxygen atoms in total. The Bertz CT molecular complexity index is 452. The minimum atomic E-state index is -4.64. The Kier molecular flexibility index (Phi) is 4.00. The van der Waals surface area contributed by atoms with Gasteiger partial charge in [-0.3, -0.25) is 9.48 Å². The van der Waals surface area contributed by atoms with Gasteiger partial charge in [0.2, 0.25) is 0 Å². The molecule has 1 aromatic rings. The largest absolute Gasteiger partial charge is 0.480 e. The highest BCUT2D eigenvalue weighted by molar-refractivity contribution is 5.66. The second kappa shape index (κ2) is 4.97. The zero-order chi connectivity index (χ0) is 14.1. The molecule has 1 heterocycles. The van der Waals surface area contributed by atoms with Gasteiger partial charge in [0.25, 0.3) is 0 Å². The van der Waals surface area contributed by atoms with Crippen molar-refractivity contribution in [2.45, 2.75) is 39.1 Å². The van der Waals surface area contributed by atoms with E-state index in [9.17, 15) is 23.1 Å². The maximum atomic E-state index is 12.6. The van der Waals surface area contributed by atoms with Gasteiger partial charge in [-0.05, 0) is 13.8 Å². The zero-order valence-electron chi connectivity index (χ0n) is 9.82. The van der Waals surface area contributed by atoms with Crippen LogP contribution in [0.3, 0.4) is 0 Å². The monoisotopic (exact) mass is 266 g/mol. The predicted molar refractivity (Wildman–Crippen MR) is 55.0 cm³/mol. The third-order valence-corrected chi connectivity index (χ3v) is 2.36. The lowest BCUT2D eigenvalue weighted by Crippen LogP contribution is -2.17. The molecular weight excluding hydrogens is 253 g/mol. The molecular formula is C10H13F3N2O3. The molecule has 0 aromatic carbocycles. The highest BCUT2D eigenvalue weighted by Crippen LogP contribution is 2.32. The van der Waals surface area contributed by atoms with Gasteiger partial charge in [0.1, 0.15) is 6.54 Å². The van der Waals surface area contributed by atoms with Crippen molar-refractivity contribution in [2.75, 3.05) is 0 Å². The van der Waals surface area contributed by atoms with Crippen molar-refractivity contribution < 1.29 is 28.2 Å². The molecule has 0 saturated carbocycles. The number of rotatable bonds is 4. The molecule has 0 aliphatic heterocycles. The van der Waals surface area contributed by atoms with Crippen molar-refractivity contribution >= 4 is 5.97 Å². The number of aromatic nitrogens is 2. The maximum absolute atomic E-state index is 12.6. The molecule has 0 aliphatic carbocycles. The second-order valence-corrected chi connectivity index (χ2v) is 4.02. The first-order valence-corrected chi connectivity index (χ1v) is 5.16. The van der Waals surface area contributed by atoms with Crippen LogP contribution in [0.25, 0.3) is 0 Å². The predicted octanol–water partition coefficient (Wildman–Crippen LogP) is 1.22. The average Bonchev–Trinajstić information content (AvgIpc) is 2.43. The van der Waals surface area contributed by atoms with E-state index >= 15 is 0 Å². The van der Waals surface area contributed by atoms with Crippen molar-refractivity contribution in [3.05, 3.63) is 17.0 Å². The molecule has 8 heteroatoms. The van der Waals surface area contributed by atoms with E-state index in [1.165, 1.54) is 13.8 Å². The van der Waals surface area contributed by atoms with E-state index in [2.05, 4.69) is 5.10 Å². The molecule has 1 rings (SSSR count). The Labute approximate surface area is 101 Å². The fourth-order valence-corrected chi connectivity index (χ4v) is 1.65. The number of hydrogen-bond acceptors (Lipinski definition) is 3. The molecule has 0 saturated heterocycles. The number of hydrogen-bond donors (Lipinski definition) is 2. The van der Waals surface area contributed by atoms with Gasteiger partial charge in [-0.25, -0.2) is 0 Å². The molecule has 0 radical (unpaired) electrons. The number of aliphatic hydroxyl groups excluding tert-OH is 1. The summed E-state index contributed by atoms with van der Waals surface area (Å²) < 4.78 is 38.7. The molecule has 0 spiro atoms. The van der Waals surface area contributed by atoms with Gasteiger partial charge >= 0.3 is 12.1 Å². The van der Waals surface area contributed by atoms with Crippen LogP contribution in [0.15, 0.2) is 0 Å². The average molecular weight is 266 g/mol. The quantitative estimate of drug-likeness (QED) is 0.859.